The lowest BCUT2D eigenvalue weighted by molar-refractivity contribution is 0.119. The molecule has 1 fully saturated rings. The van der Waals surface area contributed by atoms with Crippen molar-refractivity contribution >= 4 is 0 Å². The zero-order valence-electron chi connectivity index (χ0n) is 13.8. The van der Waals surface area contributed by atoms with Gasteiger partial charge in [0.1, 0.15) is 0 Å². The van der Waals surface area contributed by atoms with Crippen LogP contribution in [0.2, 0.25) is 0 Å². The van der Waals surface area contributed by atoms with Crippen molar-refractivity contribution in [2.75, 3.05) is 0 Å². The molecule has 0 aliphatic heterocycles. The lowest BCUT2D eigenvalue weighted by Gasteiger charge is -2.27. The Kier molecular flexibility index (Phi) is 6.25. The van der Waals surface area contributed by atoms with E-state index in [0.29, 0.717) is 12.0 Å². The first-order chi connectivity index (χ1) is 10.2. The minimum absolute atomic E-state index is 0.169. The van der Waals surface area contributed by atoms with Gasteiger partial charge >= 0.3 is 0 Å². The number of aliphatic hydroxyl groups excluding tert-OH is 1. The largest absolute Gasteiger partial charge is 0.387 e. The molecule has 0 aromatic heterocycles. The van der Waals surface area contributed by atoms with Gasteiger partial charge in [-0.15, -0.1) is 0 Å². The average Bonchev–Trinajstić information content (AvgIpc) is 3.04. The molecule has 1 saturated carbocycles. The number of aliphatic hydroxyl groups is 1. The van der Waals surface area contributed by atoms with Crippen LogP contribution in [-0.2, 0) is 0 Å². The van der Waals surface area contributed by atoms with Gasteiger partial charge in [-0.25, -0.2) is 0 Å². The molecular weight excluding hydrogens is 258 g/mol. The summed E-state index contributed by atoms with van der Waals surface area (Å²) in [5.41, 5.74) is 2.41. The van der Waals surface area contributed by atoms with E-state index in [0.717, 1.165) is 18.4 Å². The number of hydrogen-bond acceptors (Lipinski definition) is 2. The van der Waals surface area contributed by atoms with E-state index in [1.54, 1.807) is 0 Å². The Morgan fingerprint density at radius 3 is 2.14 bits per heavy atom. The maximum atomic E-state index is 10.7. The Hall–Kier alpha value is -0.860. The molecular formula is C19H31NO. The van der Waals surface area contributed by atoms with Crippen LogP contribution in [0, 0.1) is 0 Å². The third-order valence-corrected chi connectivity index (χ3v) is 5.09. The third-order valence-electron chi connectivity index (χ3n) is 5.09. The van der Waals surface area contributed by atoms with E-state index in [1.165, 1.54) is 31.2 Å². The molecule has 0 saturated heterocycles. The van der Waals surface area contributed by atoms with Crippen LogP contribution >= 0.6 is 0 Å². The third kappa shape index (κ3) is 4.31. The van der Waals surface area contributed by atoms with E-state index in [-0.39, 0.29) is 6.04 Å². The summed E-state index contributed by atoms with van der Waals surface area (Å²) >= 11 is 0. The maximum absolute atomic E-state index is 10.7. The van der Waals surface area contributed by atoms with Crippen LogP contribution in [0.25, 0.3) is 0 Å². The molecule has 3 unspecified atom stereocenters. The Morgan fingerprint density at radius 2 is 1.62 bits per heavy atom. The minimum Gasteiger partial charge on any atom is -0.387 e. The Balaban J connectivity index is 2.00. The van der Waals surface area contributed by atoms with Crippen molar-refractivity contribution in [2.45, 2.75) is 83.4 Å². The van der Waals surface area contributed by atoms with Gasteiger partial charge in [0.05, 0.1) is 6.10 Å². The molecule has 2 rings (SSSR count). The highest BCUT2D eigenvalue weighted by atomic mass is 16.3. The predicted octanol–water partition coefficient (Wildman–Crippen LogP) is 4.54. The van der Waals surface area contributed by atoms with Crippen molar-refractivity contribution in [3.63, 3.8) is 0 Å². The maximum Gasteiger partial charge on any atom is 0.0942 e. The topological polar surface area (TPSA) is 32.3 Å². The van der Waals surface area contributed by atoms with Gasteiger partial charge in [-0.05, 0) is 42.7 Å². The van der Waals surface area contributed by atoms with Crippen LogP contribution in [0.3, 0.4) is 0 Å². The van der Waals surface area contributed by atoms with Gasteiger partial charge in [-0.3, -0.25) is 0 Å². The van der Waals surface area contributed by atoms with Gasteiger partial charge in [0.25, 0.3) is 0 Å². The van der Waals surface area contributed by atoms with E-state index in [2.05, 4.69) is 50.4 Å². The quantitative estimate of drug-likeness (QED) is 0.772. The van der Waals surface area contributed by atoms with Gasteiger partial charge in [0.2, 0.25) is 0 Å². The molecule has 0 radical (unpaired) electrons. The fourth-order valence-corrected chi connectivity index (χ4v) is 3.32. The van der Waals surface area contributed by atoms with Gasteiger partial charge in [0.15, 0.2) is 0 Å². The van der Waals surface area contributed by atoms with Crippen LogP contribution in [0.1, 0.15) is 82.4 Å². The zero-order valence-corrected chi connectivity index (χ0v) is 13.8. The first-order valence-electron chi connectivity index (χ1n) is 8.69. The SMILES string of the molecule is CCC(C)c1ccc(C(O)C(CC)NC2CCCC2)cc1. The first kappa shape index (κ1) is 16.5. The van der Waals surface area contributed by atoms with Crippen molar-refractivity contribution in [3.05, 3.63) is 35.4 Å². The van der Waals surface area contributed by atoms with Crippen molar-refractivity contribution in [2.24, 2.45) is 0 Å². The summed E-state index contributed by atoms with van der Waals surface area (Å²) in [6.45, 7) is 6.62. The fraction of sp³-hybridized carbons (Fsp3) is 0.684. The lowest BCUT2D eigenvalue weighted by Crippen LogP contribution is -2.40. The number of nitrogens with one attached hydrogen (secondary N) is 1. The molecule has 3 atom stereocenters. The van der Waals surface area contributed by atoms with Crippen LogP contribution in [0.15, 0.2) is 24.3 Å². The first-order valence-corrected chi connectivity index (χ1v) is 8.69. The van der Waals surface area contributed by atoms with Crippen molar-refractivity contribution < 1.29 is 5.11 Å². The Morgan fingerprint density at radius 1 is 1.05 bits per heavy atom. The van der Waals surface area contributed by atoms with E-state index < -0.39 is 6.10 Å². The van der Waals surface area contributed by atoms with E-state index in [9.17, 15) is 5.11 Å². The van der Waals surface area contributed by atoms with Crippen LogP contribution in [-0.4, -0.2) is 17.2 Å². The number of benzene rings is 1. The second kappa shape index (κ2) is 7.95. The molecule has 2 heteroatoms. The lowest BCUT2D eigenvalue weighted by atomic mass is 9.94. The smallest absolute Gasteiger partial charge is 0.0942 e. The summed E-state index contributed by atoms with van der Waals surface area (Å²) in [5, 5.41) is 14.3. The summed E-state index contributed by atoms with van der Waals surface area (Å²) in [6, 6.07) is 9.33. The monoisotopic (exact) mass is 289 g/mol. The Bertz CT molecular complexity index is 408. The molecule has 118 valence electrons. The van der Waals surface area contributed by atoms with E-state index >= 15 is 0 Å². The summed E-state index contributed by atoms with van der Waals surface area (Å²) < 4.78 is 0. The Labute approximate surface area is 130 Å². The molecule has 0 heterocycles. The number of hydrogen-bond donors (Lipinski definition) is 2. The number of rotatable bonds is 7. The molecule has 1 aliphatic carbocycles. The molecule has 0 spiro atoms. The molecule has 1 aromatic carbocycles. The second-order valence-corrected chi connectivity index (χ2v) is 6.58. The summed E-state index contributed by atoms with van der Waals surface area (Å²) in [7, 11) is 0. The second-order valence-electron chi connectivity index (χ2n) is 6.58. The highest BCUT2D eigenvalue weighted by Crippen LogP contribution is 2.26. The van der Waals surface area contributed by atoms with Crippen LogP contribution in [0.5, 0.6) is 0 Å². The van der Waals surface area contributed by atoms with Gasteiger partial charge in [-0.1, -0.05) is 57.9 Å². The molecule has 2 N–H and O–H groups in total. The minimum atomic E-state index is -0.401. The van der Waals surface area contributed by atoms with E-state index in [1.807, 2.05) is 0 Å². The molecule has 0 bridgehead atoms. The molecule has 0 amide bonds. The average molecular weight is 289 g/mol. The van der Waals surface area contributed by atoms with Gasteiger partial charge < -0.3 is 10.4 Å². The highest BCUT2D eigenvalue weighted by Gasteiger charge is 2.24. The standard InChI is InChI=1S/C19H31NO/c1-4-14(3)15-10-12-16(13-11-15)19(21)18(5-2)20-17-8-6-7-9-17/h10-14,17-21H,4-9H2,1-3H3. The molecule has 1 aliphatic rings. The van der Waals surface area contributed by atoms with Gasteiger partial charge in [-0.2, -0.15) is 0 Å². The summed E-state index contributed by atoms with van der Waals surface area (Å²) in [6.07, 6.45) is 6.89. The molecule has 21 heavy (non-hydrogen) atoms. The molecule has 2 nitrogen and oxygen atoms in total. The van der Waals surface area contributed by atoms with E-state index in [4.69, 9.17) is 0 Å². The zero-order chi connectivity index (χ0) is 15.2. The highest BCUT2D eigenvalue weighted by molar-refractivity contribution is 5.27. The molecule has 1 aromatic rings. The van der Waals surface area contributed by atoms with Gasteiger partial charge in [0, 0.05) is 12.1 Å². The fourth-order valence-electron chi connectivity index (χ4n) is 3.32. The van der Waals surface area contributed by atoms with Crippen LogP contribution < -0.4 is 5.32 Å². The predicted molar refractivity (Wildman–Crippen MR) is 89.6 cm³/mol. The summed E-state index contributed by atoms with van der Waals surface area (Å²) in [5.74, 6) is 0.592. The van der Waals surface area contributed by atoms with Crippen LogP contribution in [0.4, 0.5) is 0 Å². The van der Waals surface area contributed by atoms with Crippen molar-refractivity contribution in [3.8, 4) is 0 Å². The van der Waals surface area contributed by atoms with Crippen molar-refractivity contribution in [1.29, 1.82) is 0 Å². The normalized spacial score (nSPS) is 20.4. The summed E-state index contributed by atoms with van der Waals surface area (Å²) in [4.78, 5) is 0. The van der Waals surface area contributed by atoms with Crippen molar-refractivity contribution in [1.82, 2.24) is 5.32 Å².